The lowest BCUT2D eigenvalue weighted by molar-refractivity contribution is 0.0210. The highest BCUT2D eigenvalue weighted by Gasteiger charge is 2.21. The Morgan fingerprint density at radius 2 is 1.45 bits per heavy atom. The highest BCUT2D eigenvalue weighted by Crippen LogP contribution is 2.27. The van der Waals surface area contributed by atoms with Crippen LogP contribution >= 0.6 is 0 Å². The van der Waals surface area contributed by atoms with Crippen LogP contribution in [0.15, 0.2) is 60.7 Å². The molecule has 0 aliphatic rings. The van der Waals surface area contributed by atoms with Crippen LogP contribution in [0.5, 0.6) is 0 Å². The van der Waals surface area contributed by atoms with Crippen LogP contribution in [0, 0.1) is 0 Å². The first-order valence-electron chi connectivity index (χ1n) is 7.78. The van der Waals surface area contributed by atoms with E-state index in [0.717, 1.165) is 0 Å². The van der Waals surface area contributed by atoms with Gasteiger partial charge in [0.1, 0.15) is 0 Å². The second kappa shape index (κ2) is 8.69. The van der Waals surface area contributed by atoms with E-state index in [2.05, 4.69) is 53.4 Å². The molecule has 0 fully saturated rings. The van der Waals surface area contributed by atoms with E-state index in [1.165, 1.54) is 11.1 Å². The summed E-state index contributed by atoms with van der Waals surface area (Å²) in [5, 5.41) is 10.1. The van der Waals surface area contributed by atoms with Gasteiger partial charge in [-0.3, -0.25) is 4.90 Å². The SMILES string of the molecule is CCOCC(O)CN(C)C(c1ccccc1)c1ccccc1. The van der Waals surface area contributed by atoms with Crippen LogP contribution in [0.2, 0.25) is 0 Å². The summed E-state index contributed by atoms with van der Waals surface area (Å²) in [5.41, 5.74) is 2.44. The minimum absolute atomic E-state index is 0.124. The van der Waals surface area contributed by atoms with E-state index in [0.29, 0.717) is 19.8 Å². The second-order valence-corrected chi connectivity index (χ2v) is 5.48. The van der Waals surface area contributed by atoms with Crippen molar-refractivity contribution in [3.05, 3.63) is 71.8 Å². The number of aliphatic hydroxyl groups is 1. The summed E-state index contributed by atoms with van der Waals surface area (Å²) < 4.78 is 5.31. The van der Waals surface area contributed by atoms with Gasteiger partial charge in [-0.25, -0.2) is 0 Å². The van der Waals surface area contributed by atoms with Gasteiger partial charge in [-0.05, 0) is 25.1 Å². The van der Waals surface area contributed by atoms with Crippen LogP contribution in [-0.4, -0.2) is 42.9 Å². The van der Waals surface area contributed by atoms with Crippen molar-refractivity contribution in [3.8, 4) is 0 Å². The molecule has 22 heavy (non-hydrogen) atoms. The van der Waals surface area contributed by atoms with Crippen molar-refractivity contribution >= 4 is 0 Å². The van der Waals surface area contributed by atoms with Gasteiger partial charge in [-0.2, -0.15) is 0 Å². The van der Waals surface area contributed by atoms with Gasteiger partial charge in [0.05, 0.1) is 18.8 Å². The molecule has 0 saturated carbocycles. The van der Waals surface area contributed by atoms with Gasteiger partial charge in [-0.1, -0.05) is 60.7 Å². The van der Waals surface area contributed by atoms with Gasteiger partial charge in [0.2, 0.25) is 0 Å². The zero-order valence-electron chi connectivity index (χ0n) is 13.4. The van der Waals surface area contributed by atoms with Gasteiger partial charge >= 0.3 is 0 Å². The number of rotatable bonds is 8. The summed E-state index contributed by atoms with van der Waals surface area (Å²) in [7, 11) is 2.04. The molecule has 0 aromatic heterocycles. The summed E-state index contributed by atoms with van der Waals surface area (Å²) in [6.45, 7) is 3.50. The first-order valence-corrected chi connectivity index (χ1v) is 7.78. The van der Waals surface area contributed by atoms with Crippen molar-refractivity contribution in [3.63, 3.8) is 0 Å². The Balaban J connectivity index is 2.18. The normalized spacial score (nSPS) is 12.8. The molecule has 0 bridgehead atoms. The lowest BCUT2D eigenvalue weighted by Crippen LogP contribution is -2.35. The molecule has 3 heteroatoms. The molecule has 1 atom stereocenters. The maximum Gasteiger partial charge on any atom is 0.0900 e. The molecule has 0 aliphatic heterocycles. The average molecular weight is 299 g/mol. The number of nitrogens with zero attached hydrogens (tertiary/aromatic N) is 1. The molecular formula is C19H25NO2. The van der Waals surface area contributed by atoms with Crippen molar-refractivity contribution in [2.75, 3.05) is 26.8 Å². The number of hydrogen-bond acceptors (Lipinski definition) is 3. The number of ether oxygens (including phenoxy) is 1. The van der Waals surface area contributed by atoms with Crippen LogP contribution in [0.3, 0.4) is 0 Å². The quantitative estimate of drug-likeness (QED) is 0.813. The van der Waals surface area contributed by atoms with Crippen molar-refractivity contribution in [1.29, 1.82) is 0 Å². The Bertz CT molecular complexity index is 490. The molecule has 0 amide bonds. The van der Waals surface area contributed by atoms with Crippen molar-refractivity contribution in [2.45, 2.75) is 19.1 Å². The lowest BCUT2D eigenvalue weighted by Gasteiger charge is -2.30. The number of likely N-dealkylation sites (N-methyl/N-ethyl adjacent to an activating group) is 1. The fourth-order valence-electron chi connectivity index (χ4n) is 2.72. The van der Waals surface area contributed by atoms with Gasteiger partial charge < -0.3 is 9.84 Å². The maximum atomic E-state index is 10.1. The van der Waals surface area contributed by atoms with Gasteiger partial charge in [0.25, 0.3) is 0 Å². The monoisotopic (exact) mass is 299 g/mol. The van der Waals surface area contributed by atoms with Gasteiger partial charge in [0.15, 0.2) is 0 Å². The number of hydrogen-bond donors (Lipinski definition) is 1. The minimum Gasteiger partial charge on any atom is -0.389 e. The van der Waals surface area contributed by atoms with Crippen LogP contribution in [0.1, 0.15) is 24.1 Å². The third-order valence-electron chi connectivity index (χ3n) is 3.68. The second-order valence-electron chi connectivity index (χ2n) is 5.48. The molecule has 1 unspecified atom stereocenters. The van der Waals surface area contributed by atoms with E-state index < -0.39 is 6.10 Å². The Hall–Kier alpha value is -1.68. The highest BCUT2D eigenvalue weighted by molar-refractivity contribution is 5.31. The predicted octanol–water partition coefficient (Wildman–Crippen LogP) is 3.11. The van der Waals surface area contributed by atoms with Crippen LogP contribution in [0.4, 0.5) is 0 Å². The third-order valence-corrected chi connectivity index (χ3v) is 3.68. The molecule has 0 aliphatic carbocycles. The smallest absolute Gasteiger partial charge is 0.0900 e. The Morgan fingerprint density at radius 1 is 0.955 bits per heavy atom. The summed E-state index contributed by atoms with van der Waals surface area (Å²) in [6.07, 6.45) is -0.486. The zero-order valence-corrected chi connectivity index (χ0v) is 13.4. The molecule has 2 aromatic rings. The summed E-state index contributed by atoms with van der Waals surface area (Å²) >= 11 is 0. The van der Waals surface area contributed by atoms with Crippen molar-refractivity contribution in [1.82, 2.24) is 4.90 Å². The van der Waals surface area contributed by atoms with Crippen LogP contribution < -0.4 is 0 Å². The fourth-order valence-corrected chi connectivity index (χ4v) is 2.72. The molecule has 1 N–H and O–H groups in total. The standard InChI is InChI=1S/C19H25NO2/c1-3-22-15-18(21)14-20(2)19(16-10-6-4-7-11-16)17-12-8-5-9-13-17/h4-13,18-19,21H,3,14-15H2,1-2H3. The molecule has 118 valence electrons. The topological polar surface area (TPSA) is 32.7 Å². The van der Waals surface area contributed by atoms with Crippen molar-refractivity contribution in [2.24, 2.45) is 0 Å². The minimum atomic E-state index is -0.486. The molecule has 0 spiro atoms. The first kappa shape index (κ1) is 16.7. The van der Waals surface area contributed by atoms with Crippen molar-refractivity contribution < 1.29 is 9.84 Å². The van der Waals surface area contributed by atoms with E-state index >= 15 is 0 Å². The number of aliphatic hydroxyl groups excluding tert-OH is 1. The average Bonchev–Trinajstić information content (AvgIpc) is 2.55. The Labute approximate surface area is 133 Å². The van der Waals surface area contributed by atoms with E-state index in [9.17, 15) is 5.11 Å². The molecule has 0 radical (unpaired) electrons. The third kappa shape index (κ3) is 4.67. The molecule has 2 rings (SSSR count). The largest absolute Gasteiger partial charge is 0.389 e. The lowest BCUT2D eigenvalue weighted by atomic mass is 9.97. The Kier molecular flexibility index (Phi) is 6.59. The van der Waals surface area contributed by atoms with Gasteiger partial charge in [-0.15, -0.1) is 0 Å². The molecule has 0 heterocycles. The summed E-state index contributed by atoms with van der Waals surface area (Å²) in [4.78, 5) is 2.17. The predicted molar refractivity (Wildman–Crippen MR) is 89.9 cm³/mol. The first-order chi connectivity index (χ1) is 10.7. The summed E-state index contributed by atoms with van der Waals surface area (Å²) in [6, 6.07) is 20.9. The maximum absolute atomic E-state index is 10.1. The fraction of sp³-hybridized carbons (Fsp3) is 0.368. The van der Waals surface area contributed by atoms with E-state index in [1.807, 2.05) is 26.1 Å². The van der Waals surface area contributed by atoms with Gasteiger partial charge in [0, 0.05) is 13.2 Å². The molecule has 3 nitrogen and oxygen atoms in total. The number of benzene rings is 2. The van der Waals surface area contributed by atoms with E-state index in [-0.39, 0.29) is 6.04 Å². The highest BCUT2D eigenvalue weighted by atomic mass is 16.5. The van der Waals surface area contributed by atoms with Crippen LogP contribution in [-0.2, 0) is 4.74 Å². The zero-order chi connectivity index (χ0) is 15.8. The molecule has 0 saturated heterocycles. The summed E-state index contributed by atoms with van der Waals surface area (Å²) in [5.74, 6) is 0. The van der Waals surface area contributed by atoms with E-state index in [1.54, 1.807) is 0 Å². The van der Waals surface area contributed by atoms with Crippen LogP contribution in [0.25, 0.3) is 0 Å². The Morgan fingerprint density at radius 3 is 1.91 bits per heavy atom. The molecule has 2 aromatic carbocycles. The van der Waals surface area contributed by atoms with E-state index in [4.69, 9.17) is 4.74 Å². The molecular weight excluding hydrogens is 274 g/mol.